The van der Waals surface area contributed by atoms with E-state index in [-0.39, 0.29) is 28.2 Å². The number of furan rings is 1. The van der Waals surface area contributed by atoms with Crippen LogP contribution in [0, 0.1) is 6.92 Å². The van der Waals surface area contributed by atoms with Gasteiger partial charge in [0, 0.05) is 18.7 Å². The van der Waals surface area contributed by atoms with Crippen LogP contribution in [0.1, 0.15) is 47.7 Å². The minimum absolute atomic E-state index is 0.0149. The predicted octanol–water partition coefficient (Wildman–Crippen LogP) is 2.87. The number of hydrogen-bond donors (Lipinski definition) is 1. The van der Waals surface area contributed by atoms with Crippen LogP contribution < -0.4 is 10.1 Å². The van der Waals surface area contributed by atoms with E-state index in [2.05, 4.69) is 5.32 Å². The molecule has 146 valence electrons. The van der Waals surface area contributed by atoms with Crippen molar-refractivity contribution in [3.63, 3.8) is 0 Å². The van der Waals surface area contributed by atoms with Crippen molar-refractivity contribution in [3.8, 4) is 5.75 Å². The lowest BCUT2D eigenvalue weighted by Gasteiger charge is -2.18. The predicted molar refractivity (Wildman–Crippen MR) is 100 cm³/mol. The first-order chi connectivity index (χ1) is 12.8. The Morgan fingerprint density at radius 1 is 1.22 bits per heavy atom. The van der Waals surface area contributed by atoms with Gasteiger partial charge in [-0.05, 0) is 57.0 Å². The zero-order chi connectivity index (χ0) is 19.6. The van der Waals surface area contributed by atoms with Gasteiger partial charge in [0.1, 0.15) is 22.2 Å². The summed E-state index contributed by atoms with van der Waals surface area (Å²) in [6.45, 7) is 4.60. The molecule has 2 heterocycles. The largest absolute Gasteiger partial charge is 0.495 e. The second-order valence-electron chi connectivity index (χ2n) is 6.62. The van der Waals surface area contributed by atoms with E-state index < -0.39 is 10.0 Å². The molecule has 0 radical (unpaired) electrons. The van der Waals surface area contributed by atoms with Crippen molar-refractivity contribution < 1.29 is 22.4 Å². The summed E-state index contributed by atoms with van der Waals surface area (Å²) in [5, 5.41) is 2.83. The molecule has 0 spiro atoms. The number of sulfonamides is 1. The number of benzene rings is 1. The quantitative estimate of drug-likeness (QED) is 0.817. The third-order valence-electron chi connectivity index (χ3n) is 4.64. The molecular formula is C19H24N2O5S. The number of carbonyl (C=O) groups excluding carboxylic acids is 1. The molecular weight excluding hydrogens is 368 g/mol. The summed E-state index contributed by atoms with van der Waals surface area (Å²) < 4.78 is 38.1. The van der Waals surface area contributed by atoms with E-state index in [0.29, 0.717) is 18.8 Å². The number of ether oxygens (including phenoxy) is 1. The first kappa shape index (κ1) is 19.4. The highest BCUT2D eigenvalue weighted by Crippen LogP contribution is 2.30. The lowest BCUT2D eigenvalue weighted by Crippen LogP contribution is -2.29. The molecule has 8 heteroatoms. The highest BCUT2D eigenvalue weighted by molar-refractivity contribution is 7.89. The van der Waals surface area contributed by atoms with Gasteiger partial charge in [0.25, 0.3) is 5.91 Å². The number of carbonyl (C=O) groups is 1. The van der Waals surface area contributed by atoms with Crippen molar-refractivity contribution in [1.82, 2.24) is 9.62 Å². The average Bonchev–Trinajstić information content (AvgIpc) is 3.33. The van der Waals surface area contributed by atoms with E-state index in [0.717, 1.165) is 18.6 Å². The minimum atomic E-state index is -3.70. The smallest absolute Gasteiger partial charge is 0.251 e. The topological polar surface area (TPSA) is 88.8 Å². The average molecular weight is 392 g/mol. The molecule has 0 saturated carbocycles. The fourth-order valence-electron chi connectivity index (χ4n) is 3.12. The molecule has 7 nitrogen and oxygen atoms in total. The Kier molecular flexibility index (Phi) is 5.57. The number of methoxy groups -OCH3 is 1. The SMILES string of the molecule is COc1ccc(C(=O)NC(C)c2ccc(C)o2)cc1S(=O)(=O)N1CCCC1. The van der Waals surface area contributed by atoms with Gasteiger partial charge in [0.05, 0.1) is 13.2 Å². The van der Waals surface area contributed by atoms with Crippen LogP contribution >= 0.6 is 0 Å². The number of rotatable bonds is 6. The Morgan fingerprint density at radius 3 is 2.52 bits per heavy atom. The number of nitrogens with one attached hydrogen (secondary N) is 1. The molecule has 1 aliphatic rings. The summed E-state index contributed by atoms with van der Waals surface area (Å²) in [4.78, 5) is 12.6. The maximum Gasteiger partial charge on any atom is 0.251 e. The van der Waals surface area contributed by atoms with Gasteiger partial charge in [-0.3, -0.25) is 4.79 Å². The Bertz CT molecular complexity index is 929. The fourth-order valence-corrected chi connectivity index (χ4v) is 4.82. The van der Waals surface area contributed by atoms with E-state index >= 15 is 0 Å². The zero-order valence-corrected chi connectivity index (χ0v) is 16.5. The van der Waals surface area contributed by atoms with Gasteiger partial charge in [0.2, 0.25) is 10.0 Å². The van der Waals surface area contributed by atoms with Crippen LogP contribution in [-0.2, 0) is 10.0 Å². The van der Waals surface area contributed by atoms with E-state index in [1.165, 1.54) is 23.5 Å². The third-order valence-corrected chi connectivity index (χ3v) is 6.56. The Balaban J connectivity index is 1.87. The molecule has 1 aromatic carbocycles. The third kappa shape index (κ3) is 4.01. The number of hydrogen-bond acceptors (Lipinski definition) is 5. The molecule has 1 fully saturated rings. The Morgan fingerprint density at radius 2 is 1.93 bits per heavy atom. The van der Waals surface area contributed by atoms with E-state index in [1.807, 2.05) is 19.9 Å². The molecule has 1 N–H and O–H groups in total. The van der Waals surface area contributed by atoms with Crippen LogP contribution in [0.25, 0.3) is 0 Å². The summed E-state index contributed by atoms with van der Waals surface area (Å²) >= 11 is 0. The monoisotopic (exact) mass is 392 g/mol. The van der Waals surface area contributed by atoms with Crippen molar-refractivity contribution in [2.75, 3.05) is 20.2 Å². The number of amides is 1. The molecule has 1 atom stereocenters. The second kappa shape index (κ2) is 7.74. The summed E-state index contributed by atoms with van der Waals surface area (Å²) in [5.74, 6) is 1.25. The summed E-state index contributed by atoms with van der Waals surface area (Å²) in [6.07, 6.45) is 1.67. The molecule has 1 aromatic heterocycles. The lowest BCUT2D eigenvalue weighted by molar-refractivity contribution is 0.0935. The first-order valence-corrected chi connectivity index (χ1v) is 10.3. The van der Waals surface area contributed by atoms with Crippen LogP contribution in [0.5, 0.6) is 5.75 Å². The summed E-state index contributed by atoms with van der Waals surface area (Å²) in [6, 6.07) is 7.73. The zero-order valence-electron chi connectivity index (χ0n) is 15.7. The Labute approximate surface area is 159 Å². The molecule has 2 aromatic rings. The minimum Gasteiger partial charge on any atom is -0.495 e. The second-order valence-corrected chi connectivity index (χ2v) is 8.53. The van der Waals surface area contributed by atoms with Crippen molar-refractivity contribution >= 4 is 15.9 Å². The Hall–Kier alpha value is -2.32. The van der Waals surface area contributed by atoms with Gasteiger partial charge in [0.15, 0.2) is 0 Å². The van der Waals surface area contributed by atoms with E-state index in [9.17, 15) is 13.2 Å². The van der Waals surface area contributed by atoms with E-state index in [1.54, 1.807) is 12.1 Å². The highest BCUT2D eigenvalue weighted by Gasteiger charge is 2.30. The maximum absolute atomic E-state index is 12.9. The molecule has 0 bridgehead atoms. The normalized spacial score (nSPS) is 16.3. The van der Waals surface area contributed by atoms with Crippen LogP contribution in [0.3, 0.4) is 0 Å². The lowest BCUT2D eigenvalue weighted by atomic mass is 10.1. The fraction of sp³-hybridized carbons (Fsp3) is 0.421. The van der Waals surface area contributed by atoms with Crippen LogP contribution in [-0.4, -0.2) is 38.8 Å². The van der Waals surface area contributed by atoms with E-state index in [4.69, 9.17) is 9.15 Å². The van der Waals surface area contributed by atoms with Gasteiger partial charge >= 0.3 is 0 Å². The molecule has 1 saturated heterocycles. The molecule has 27 heavy (non-hydrogen) atoms. The van der Waals surface area contributed by atoms with Gasteiger partial charge in [-0.1, -0.05) is 0 Å². The number of nitrogens with zero attached hydrogens (tertiary/aromatic N) is 1. The highest BCUT2D eigenvalue weighted by atomic mass is 32.2. The van der Waals surface area contributed by atoms with Gasteiger partial charge in [-0.2, -0.15) is 4.31 Å². The number of aryl methyl sites for hydroxylation is 1. The molecule has 1 amide bonds. The summed E-state index contributed by atoms with van der Waals surface area (Å²) in [5.41, 5.74) is 0.253. The van der Waals surface area contributed by atoms with Gasteiger partial charge in [-0.25, -0.2) is 8.42 Å². The van der Waals surface area contributed by atoms with Crippen LogP contribution in [0.15, 0.2) is 39.6 Å². The molecule has 1 aliphatic heterocycles. The summed E-state index contributed by atoms with van der Waals surface area (Å²) in [7, 11) is -2.29. The van der Waals surface area contributed by atoms with Crippen molar-refractivity contribution in [1.29, 1.82) is 0 Å². The van der Waals surface area contributed by atoms with Crippen LogP contribution in [0.2, 0.25) is 0 Å². The molecule has 0 aliphatic carbocycles. The van der Waals surface area contributed by atoms with Gasteiger partial charge in [-0.15, -0.1) is 0 Å². The van der Waals surface area contributed by atoms with Crippen molar-refractivity contribution in [2.45, 2.75) is 37.6 Å². The molecule has 1 unspecified atom stereocenters. The maximum atomic E-state index is 12.9. The van der Waals surface area contributed by atoms with Gasteiger partial charge < -0.3 is 14.5 Å². The van der Waals surface area contributed by atoms with Crippen LogP contribution in [0.4, 0.5) is 0 Å². The molecule has 3 rings (SSSR count). The van der Waals surface area contributed by atoms with Crippen molar-refractivity contribution in [2.24, 2.45) is 0 Å². The standard InChI is InChI=1S/C19H24N2O5S/c1-13-6-8-16(26-13)14(2)20-19(22)15-7-9-17(25-3)18(12-15)27(23,24)21-10-4-5-11-21/h6-9,12,14H,4-5,10-11H2,1-3H3,(H,20,22). The van der Waals surface area contributed by atoms with Crippen molar-refractivity contribution in [3.05, 3.63) is 47.4 Å². The first-order valence-electron chi connectivity index (χ1n) is 8.88.